The first-order chi connectivity index (χ1) is 26.1. The van der Waals surface area contributed by atoms with Crippen molar-refractivity contribution in [2.45, 2.75) is 13.8 Å². The summed E-state index contributed by atoms with van der Waals surface area (Å²) in [7, 11) is 0. The summed E-state index contributed by atoms with van der Waals surface area (Å²) in [4.78, 5) is 0. The van der Waals surface area contributed by atoms with E-state index in [1.54, 1.807) is 0 Å². The lowest BCUT2D eigenvalue weighted by atomic mass is 9.86. The van der Waals surface area contributed by atoms with Crippen LogP contribution in [-0.4, -0.2) is 0 Å². The van der Waals surface area contributed by atoms with Crippen molar-refractivity contribution < 1.29 is 13.3 Å². The van der Waals surface area contributed by atoms with Crippen molar-refractivity contribution in [3.8, 4) is 44.9 Å². The fourth-order valence-corrected chi connectivity index (χ4v) is 8.72. The number of hydrogen-bond donors (Lipinski definition) is 0. The van der Waals surface area contributed by atoms with Crippen LogP contribution in [-0.2, 0) is 0 Å². The molecular formula is C50H32O3. The first kappa shape index (κ1) is 29.8. The Labute approximate surface area is 305 Å². The van der Waals surface area contributed by atoms with E-state index in [2.05, 4.69) is 146 Å². The van der Waals surface area contributed by atoms with Gasteiger partial charge in [-0.25, -0.2) is 0 Å². The molecule has 11 aromatic rings. The Balaban J connectivity index is 1.18. The Morgan fingerprint density at radius 1 is 0.321 bits per heavy atom. The van der Waals surface area contributed by atoms with E-state index in [1.165, 1.54) is 32.7 Å². The first-order valence-corrected chi connectivity index (χ1v) is 18.1. The molecule has 0 N–H and O–H groups in total. The lowest BCUT2D eigenvalue weighted by Crippen LogP contribution is -1.91. The SMILES string of the molecule is Cc1ccc(-c2c3ccccc3c(-c3ccc4c(c3)oc3cccc(-c5c6ccccc6c(-c6ccc(C)o6)c6ccccc56)c34)c3ccccc23)o1. The fourth-order valence-electron chi connectivity index (χ4n) is 8.72. The minimum Gasteiger partial charge on any atom is -0.461 e. The highest BCUT2D eigenvalue weighted by Crippen LogP contribution is 2.49. The Morgan fingerprint density at radius 3 is 1.23 bits per heavy atom. The highest BCUT2D eigenvalue weighted by Gasteiger charge is 2.23. The second kappa shape index (κ2) is 11.3. The van der Waals surface area contributed by atoms with Gasteiger partial charge in [0.15, 0.2) is 0 Å². The molecule has 0 atom stereocenters. The molecule has 250 valence electrons. The van der Waals surface area contributed by atoms with Gasteiger partial charge in [-0.3, -0.25) is 0 Å². The normalized spacial score (nSPS) is 12.0. The molecule has 0 unspecified atom stereocenters. The van der Waals surface area contributed by atoms with Gasteiger partial charge in [-0.15, -0.1) is 0 Å². The van der Waals surface area contributed by atoms with E-state index >= 15 is 0 Å². The standard InChI is InChI=1S/C50H32O3/c1-29-22-26-43(51-29)48-36-16-7-3-12-32(36)46(33-13-4-8-17-37(33)48)31-24-25-40-45(28-31)53-42-21-11-20-41(50(40)42)47-34-14-5-9-18-38(34)49(44-27-23-30(2)52-44)39-19-10-6-15-35(39)47/h3-28H,1-2H3. The first-order valence-electron chi connectivity index (χ1n) is 18.1. The molecule has 0 aliphatic rings. The van der Waals surface area contributed by atoms with E-state index in [0.29, 0.717) is 0 Å². The van der Waals surface area contributed by atoms with Crippen LogP contribution in [0.2, 0.25) is 0 Å². The van der Waals surface area contributed by atoms with Crippen LogP contribution in [0.1, 0.15) is 11.5 Å². The van der Waals surface area contributed by atoms with E-state index in [9.17, 15) is 0 Å². The summed E-state index contributed by atoms with van der Waals surface area (Å²) < 4.78 is 19.3. The van der Waals surface area contributed by atoms with Crippen LogP contribution in [0.15, 0.2) is 171 Å². The van der Waals surface area contributed by atoms with Gasteiger partial charge in [0.1, 0.15) is 34.2 Å². The summed E-state index contributed by atoms with van der Waals surface area (Å²) in [5.74, 6) is 3.56. The van der Waals surface area contributed by atoms with Gasteiger partial charge in [-0.05, 0) is 122 Å². The molecule has 0 radical (unpaired) electrons. The molecule has 3 aromatic heterocycles. The molecule has 0 spiro atoms. The maximum atomic E-state index is 6.79. The molecule has 0 amide bonds. The summed E-state index contributed by atoms with van der Waals surface area (Å²) in [5, 5.41) is 11.6. The van der Waals surface area contributed by atoms with Gasteiger partial charge in [-0.2, -0.15) is 0 Å². The van der Waals surface area contributed by atoms with Crippen molar-refractivity contribution in [3.63, 3.8) is 0 Å². The summed E-state index contributed by atoms with van der Waals surface area (Å²) in [6.07, 6.45) is 0. The topological polar surface area (TPSA) is 39.4 Å². The molecule has 53 heavy (non-hydrogen) atoms. The molecule has 0 fully saturated rings. The number of benzene rings is 8. The smallest absolute Gasteiger partial charge is 0.136 e. The molecule has 0 aliphatic heterocycles. The van der Waals surface area contributed by atoms with E-state index < -0.39 is 0 Å². The Hall–Kier alpha value is -6.84. The van der Waals surface area contributed by atoms with E-state index in [-0.39, 0.29) is 0 Å². The molecule has 8 aromatic carbocycles. The van der Waals surface area contributed by atoms with Gasteiger partial charge in [-0.1, -0.05) is 115 Å². The van der Waals surface area contributed by atoms with Crippen LogP contribution in [0, 0.1) is 13.8 Å². The van der Waals surface area contributed by atoms with Gasteiger partial charge < -0.3 is 13.3 Å². The van der Waals surface area contributed by atoms with E-state index in [4.69, 9.17) is 13.3 Å². The maximum Gasteiger partial charge on any atom is 0.136 e. The number of fused-ring (bicyclic) bond motifs is 7. The third-order valence-electron chi connectivity index (χ3n) is 10.9. The van der Waals surface area contributed by atoms with Gasteiger partial charge in [0.05, 0.1) is 0 Å². The largest absolute Gasteiger partial charge is 0.461 e. The van der Waals surface area contributed by atoms with Crippen molar-refractivity contribution in [2.24, 2.45) is 0 Å². The van der Waals surface area contributed by atoms with Gasteiger partial charge in [0.2, 0.25) is 0 Å². The number of aryl methyl sites for hydroxylation is 2. The molecule has 3 nitrogen and oxygen atoms in total. The average molecular weight is 681 g/mol. The van der Waals surface area contributed by atoms with E-state index in [1.807, 2.05) is 26.0 Å². The molecule has 0 saturated carbocycles. The highest BCUT2D eigenvalue weighted by atomic mass is 16.3. The Bertz CT molecular complexity index is 3140. The minimum absolute atomic E-state index is 0.861. The van der Waals surface area contributed by atoms with Crippen LogP contribution in [0.25, 0.3) is 110 Å². The zero-order valence-electron chi connectivity index (χ0n) is 29.2. The molecule has 11 rings (SSSR count). The van der Waals surface area contributed by atoms with Crippen molar-refractivity contribution in [1.82, 2.24) is 0 Å². The molecule has 3 heteroatoms. The number of hydrogen-bond acceptors (Lipinski definition) is 3. The zero-order chi connectivity index (χ0) is 35.2. The Morgan fingerprint density at radius 2 is 0.774 bits per heavy atom. The van der Waals surface area contributed by atoms with Crippen LogP contribution in [0.5, 0.6) is 0 Å². The zero-order valence-corrected chi connectivity index (χ0v) is 29.2. The molecule has 0 bridgehead atoms. The molecular weight excluding hydrogens is 649 g/mol. The van der Waals surface area contributed by atoms with Crippen molar-refractivity contribution in [2.75, 3.05) is 0 Å². The fraction of sp³-hybridized carbons (Fsp3) is 0.0400. The summed E-state index contributed by atoms with van der Waals surface area (Å²) in [6.45, 7) is 4.00. The highest BCUT2D eigenvalue weighted by molar-refractivity contribution is 6.26. The predicted octanol–water partition coefficient (Wildman–Crippen LogP) is 14.7. The predicted molar refractivity (Wildman–Crippen MR) is 219 cm³/mol. The average Bonchev–Trinajstić information content (AvgIpc) is 3.93. The van der Waals surface area contributed by atoms with E-state index in [0.717, 1.165) is 88.8 Å². The molecule has 0 aliphatic carbocycles. The minimum atomic E-state index is 0.861. The summed E-state index contributed by atoms with van der Waals surface area (Å²) >= 11 is 0. The van der Waals surface area contributed by atoms with Crippen molar-refractivity contribution in [1.29, 1.82) is 0 Å². The second-order valence-corrected chi connectivity index (χ2v) is 14.0. The van der Waals surface area contributed by atoms with Gasteiger partial charge in [0.25, 0.3) is 0 Å². The summed E-state index contributed by atoms with van der Waals surface area (Å²) in [5.41, 5.74) is 8.61. The van der Waals surface area contributed by atoms with Gasteiger partial charge >= 0.3 is 0 Å². The van der Waals surface area contributed by atoms with Gasteiger partial charge in [0, 0.05) is 21.9 Å². The van der Waals surface area contributed by atoms with Crippen LogP contribution >= 0.6 is 0 Å². The van der Waals surface area contributed by atoms with Crippen molar-refractivity contribution in [3.05, 3.63) is 169 Å². The quantitative estimate of drug-likeness (QED) is 0.174. The van der Waals surface area contributed by atoms with Crippen LogP contribution < -0.4 is 0 Å². The number of furan rings is 3. The molecule has 0 saturated heterocycles. The maximum absolute atomic E-state index is 6.79. The lowest BCUT2D eigenvalue weighted by molar-refractivity contribution is 0.549. The number of rotatable bonds is 4. The monoisotopic (exact) mass is 680 g/mol. The van der Waals surface area contributed by atoms with Crippen LogP contribution in [0.3, 0.4) is 0 Å². The van der Waals surface area contributed by atoms with Crippen LogP contribution in [0.4, 0.5) is 0 Å². The Kier molecular flexibility index (Phi) is 6.38. The second-order valence-electron chi connectivity index (χ2n) is 14.0. The lowest BCUT2D eigenvalue weighted by Gasteiger charge is -2.17. The third-order valence-corrected chi connectivity index (χ3v) is 10.9. The third kappa shape index (κ3) is 4.41. The molecule has 3 heterocycles. The van der Waals surface area contributed by atoms with Crippen molar-refractivity contribution >= 4 is 65.0 Å². The summed E-state index contributed by atoms with van der Waals surface area (Å²) in [6, 6.07) is 56.1.